The summed E-state index contributed by atoms with van der Waals surface area (Å²) in [4.78, 5) is 4.81. The largest absolute Gasteiger partial charge is 0.397 e. The molecule has 1 fully saturated rings. The predicted molar refractivity (Wildman–Crippen MR) is 85.6 cm³/mol. The normalized spacial score (nSPS) is 14.8. The van der Waals surface area contributed by atoms with E-state index in [1.807, 2.05) is 24.3 Å². The maximum absolute atomic E-state index is 6.23. The van der Waals surface area contributed by atoms with E-state index in [4.69, 9.17) is 10.7 Å². The second-order valence-corrected chi connectivity index (χ2v) is 6.08. The van der Waals surface area contributed by atoms with Gasteiger partial charge < -0.3 is 10.3 Å². The Balaban J connectivity index is 2.04. The number of hydrogen-bond acceptors (Lipinski definition) is 2. The Hall–Kier alpha value is -1.81. The van der Waals surface area contributed by atoms with Crippen LogP contribution in [0.4, 0.5) is 5.69 Å². The highest BCUT2D eigenvalue weighted by molar-refractivity contribution is 9.10. The van der Waals surface area contributed by atoms with E-state index in [1.165, 1.54) is 18.4 Å². The van der Waals surface area contributed by atoms with Crippen molar-refractivity contribution >= 4 is 32.7 Å². The van der Waals surface area contributed by atoms with Crippen molar-refractivity contribution in [2.24, 2.45) is 0 Å². The van der Waals surface area contributed by atoms with Crippen LogP contribution in [0.15, 0.2) is 46.9 Å². The fourth-order valence-corrected chi connectivity index (χ4v) is 3.04. The molecule has 100 valence electrons. The number of nitrogens with two attached hydrogens (primary N) is 1. The highest BCUT2D eigenvalue weighted by atomic mass is 79.9. The second kappa shape index (κ2) is 4.35. The van der Waals surface area contributed by atoms with Gasteiger partial charge in [-0.15, -0.1) is 0 Å². The number of hydrogen-bond donors (Lipinski definition) is 1. The van der Waals surface area contributed by atoms with Gasteiger partial charge in [0.2, 0.25) is 0 Å². The van der Waals surface area contributed by atoms with Gasteiger partial charge in [-0.05, 0) is 53.0 Å². The molecular weight excluding hydrogens is 314 g/mol. The van der Waals surface area contributed by atoms with E-state index in [1.54, 1.807) is 0 Å². The minimum atomic E-state index is 0.566. The number of anilines is 1. The molecular formula is C16H14BrN3. The molecule has 0 aliphatic heterocycles. The number of nitrogen functional groups attached to an aromatic ring is 1. The van der Waals surface area contributed by atoms with Crippen LogP contribution in [0, 0.1) is 0 Å². The molecule has 0 unspecified atom stereocenters. The third-order valence-electron chi connectivity index (χ3n) is 3.80. The van der Waals surface area contributed by atoms with Crippen molar-refractivity contribution in [3.8, 4) is 11.4 Å². The van der Waals surface area contributed by atoms with Crippen LogP contribution in [0.25, 0.3) is 22.4 Å². The fraction of sp³-hybridized carbons (Fsp3) is 0.188. The summed E-state index contributed by atoms with van der Waals surface area (Å²) in [5, 5.41) is 0. The number of benzene rings is 2. The molecule has 1 saturated carbocycles. The molecule has 4 rings (SSSR count). The average Bonchev–Trinajstić information content (AvgIpc) is 3.22. The van der Waals surface area contributed by atoms with Gasteiger partial charge in [0.05, 0.1) is 16.7 Å². The summed E-state index contributed by atoms with van der Waals surface area (Å²) in [5.41, 5.74) is 10.2. The van der Waals surface area contributed by atoms with E-state index in [-0.39, 0.29) is 0 Å². The molecule has 1 aromatic heterocycles. The number of para-hydroxylation sites is 3. The van der Waals surface area contributed by atoms with Crippen LogP contribution >= 0.6 is 15.9 Å². The van der Waals surface area contributed by atoms with Crippen LogP contribution in [0.2, 0.25) is 0 Å². The van der Waals surface area contributed by atoms with E-state index < -0.39 is 0 Å². The number of nitrogens with zero attached hydrogens (tertiary/aromatic N) is 2. The van der Waals surface area contributed by atoms with E-state index in [0.29, 0.717) is 6.04 Å². The fourth-order valence-electron chi connectivity index (χ4n) is 2.67. The summed E-state index contributed by atoms with van der Waals surface area (Å²) in [6.07, 6.45) is 2.45. The average molecular weight is 328 g/mol. The molecule has 4 heteroatoms. The van der Waals surface area contributed by atoms with Gasteiger partial charge in [0, 0.05) is 16.1 Å². The van der Waals surface area contributed by atoms with Crippen molar-refractivity contribution in [2.75, 3.05) is 5.73 Å². The lowest BCUT2D eigenvalue weighted by molar-refractivity contribution is 0.775. The monoisotopic (exact) mass is 327 g/mol. The molecule has 2 aromatic carbocycles. The number of fused-ring (bicyclic) bond motifs is 1. The van der Waals surface area contributed by atoms with Gasteiger partial charge >= 0.3 is 0 Å². The minimum Gasteiger partial charge on any atom is -0.397 e. The van der Waals surface area contributed by atoms with Gasteiger partial charge in [-0.25, -0.2) is 4.98 Å². The zero-order chi connectivity index (χ0) is 13.7. The zero-order valence-electron chi connectivity index (χ0n) is 10.9. The van der Waals surface area contributed by atoms with Crippen molar-refractivity contribution in [3.63, 3.8) is 0 Å². The first-order valence-corrected chi connectivity index (χ1v) is 7.56. The summed E-state index contributed by atoms with van der Waals surface area (Å²) in [6, 6.07) is 14.9. The van der Waals surface area contributed by atoms with E-state index in [0.717, 1.165) is 27.1 Å². The Morgan fingerprint density at radius 2 is 1.90 bits per heavy atom. The predicted octanol–water partition coefficient (Wildman–Crippen LogP) is 4.38. The van der Waals surface area contributed by atoms with Crippen LogP contribution < -0.4 is 5.73 Å². The highest BCUT2D eigenvalue weighted by Crippen LogP contribution is 2.42. The van der Waals surface area contributed by atoms with Crippen molar-refractivity contribution in [2.45, 2.75) is 18.9 Å². The minimum absolute atomic E-state index is 0.566. The Kier molecular flexibility index (Phi) is 2.60. The maximum atomic E-state index is 6.23. The van der Waals surface area contributed by atoms with E-state index in [9.17, 15) is 0 Å². The van der Waals surface area contributed by atoms with E-state index in [2.05, 4.69) is 38.7 Å². The molecule has 1 heterocycles. The molecule has 1 aliphatic rings. The van der Waals surface area contributed by atoms with Gasteiger partial charge in [-0.2, -0.15) is 0 Å². The zero-order valence-corrected chi connectivity index (χ0v) is 12.5. The van der Waals surface area contributed by atoms with E-state index >= 15 is 0 Å². The number of aromatic nitrogens is 2. The summed E-state index contributed by atoms with van der Waals surface area (Å²) in [5.74, 6) is 0.979. The van der Waals surface area contributed by atoms with Gasteiger partial charge in [0.1, 0.15) is 5.82 Å². The molecule has 2 N–H and O–H groups in total. The van der Waals surface area contributed by atoms with Gasteiger partial charge in [0.25, 0.3) is 0 Å². The SMILES string of the molecule is Nc1c(Br)cccc1-c1nc2ccccc2n1C1CC1. The molecule has 0 amide bonds. The lowest BCUT2D eigenvalue weighted by Gasteiger charge is -2.10. The lowest BCUT2D eigenvalue weighted by Crippen LogP contribution is -2.00. The molecule has 3 aromatic rings. The highest BCUT2D eigenvalue weighted by Gasteiger charge is 2.29. The Labute approximate surface area is 125 Å². The smallest absolute Gasteiger partial charge is 0.143 e. The van der Waals surface area contributed by atoms with Gasteiger partial charge in [0.15, 0.2) is 0 Å². The third kappa shape index (κ3) is 1.75. The summed E-state index contributed by atoms with van der Waals surface area (Å²) in [7, 11) is 0. The van der Waals surface area contributed by atoms with Crippen LogP contribution in [-0.2, 0) is 0 Å². The van der Waals surface area contributed by atoms with Crippen LogP contribution in [-0.4, -0.2) is 9.55 Å². The molecule has 20 heavy (non-hydrogen) atoms. The molecule has 1 aliphatic carbocycles. The van der Waals surface area contributed by atoms with Crippen LogP contribution in [0.1, 0.15) is 18.9 Å². The first kappa shape index (κ1) is 12.0. The Morgan fingerprint density at radius 3 is 2.70 bits per heavy atom. The number of imidazole rings is 1. The summed E-state index contributed by atoms with van der Waals surface area (Å²) in [6.45, 7) is 0. The maximum Gasteiger partial charge on any atom is 0.143 e. The molecule has 0 radical (unpaired) electrons. The number of rotatable bonds is 2. The van der Waals surface area contributed by atoms with Crippen molar-refractivity contribution < 1.29 is 0 Å². The Bertz CT molecular complexity index is 803. The standard InChI is InChI=1S/C16H14BrN3/c17-12-5-3-4-11(15(12)18)16-19-13-6-1-2-7-14(13)20(16)10-8-9-10/h1-7,10H,8-9,18H2. The molecule has 0 spiro atoms. The van der Waals surface area contributed by atoms with Crippen molar-refractivity contribution in [3.05, 3.63) is 46.9 Å². The topological polar surface area (TPSA) is 43.8 Å². The van der Waals surface area contributed by atoms with Crippen molar-refractivity contribution in [1.29, 1.82) is 0 Å². The molecule has 0 atom stereocenters. The lowest BCUT2D eigenvalue weighted by atomic mass is 10.1. The van der Waals surface area contributed by atoms with Crippen molar-refractivity contribution in [1.82, 2.24) is 9.55 Å². The second-order valence-electron chi connectivity index (χ2n) is 5.23. The first-order valence-electron chi connectivity index (χ1n) is 6.77. The summed E-state index contributed by atoms with van der Waals surface area (Å²) >= 11 is 3.50. The number of halogens is 1. The molecule has 3 nitrogen and oxygen atoms in total. The van der Waals surface area contributed by atoms with Gasteiger partial charge in [-0.1, -0.05) is 18.2 Å². The molecule has 0 saturated heterocycles. The first-order chi connectivity index (χ1) is 9.75. The van der Waals surface area contributed by atoms with Crippen LogP contribution in [0.5, 0.6) is 0 Å². The molecule has 0 bridgehead atoms. The quantitative estimate of drug-likeness (QED) is 0.709. The van der Waals surface area contributed by atoms with Gasteiger partial charge in [-0.3, -0.25) is 0 Å². The Morgan fingerprint density at radius 1 is 1.10 bits per heavy atom. The van der Waals surface area contributed by atoms with Crippen LogP contribution in [0.3, 0.4) is 0 Å². The summed E-state index contributed by atoms with van der Waals surface area (Å²) < 4.78 is 3.26. The third-order valence-corrected chi connectivity index (χ3v) is 4.49.